The highest BCUT2D eigenvalue weighted by Gasteiger charge is 2.38. The zero-order chi connectivity index (χ0) is 25.8. The lowest BCUT2D eigenvalue weighted by atomic mass is 10.0. The van der Waals surface area contributed by atoms with Crippen LogP contribution in [0.1, 0.15) is 61.0 Å². The number of unbranched alkanes of at least 4 members (excludes halogenated alkanes) is 2. The van der Waals surface area contributed by atoms with Gasteiger partial charge in [-0.3, -0.25) is 19.1 Å². The molecule has 0 aliphatic heterocycles. The maximum absolute atomic E-state index is 13.3. The third-order valence-electron chi connectivity index (χ3n) is 5.03. The number of nitrogen functional groups attached to an aromatic ring is 1. The fourth-order valence-electron chi connectivity index (χ4n) is 3.24. The Labute approximate surface area is 190 Å². The molecular weight excluding hydrogens is 470 g/mol. The van der Waals surface area contributed by atoms with Gasteiger partial charge in [-0.1, -0.05) is 26.7 Å². The second-order valence-electron chi connectivity index (χ2n) is 7.60. The number of nitrogens with one attached hydrogen (secondary N) is 1. The third kappa shape index (κ3) is 6.00. The van der Waals surface area contributed by atoms with Gasteiger partial charge in [0.15, 0.2) is 5.69 Å². The maximum atomic E-state index is 13.3. The number of hydrogen-bond acceptors (Lipinski definition) is 4. The number of aromatic amines is 1. The van der Waals surface area contributed by atoms with Crippen LogP contribution in [0.5, 0.6) is 0 Å². The van der Waals surface area contributed by atoms with E-state index in [2.05, 4.69) is 0 Å². The van der Waals surface area contributed by atoms with E-state index in [1.54, 1.807) is 6.92 Å². The maximum Gasteiger partial charge on any atom is 0.416 e. The van der Waals surface area contributed by atoms with Crippen molar-refractivity contribution in [2.24, 2.45) is 0 Å². The SMILES string of the molecule is CCCCN(C(=O)c1cc(C(F)(F)F)cc(C(F)(F)F)c1)c1c(N)n(CCCC)c(=O)[nH]c1=O. The van der Waals surface area contributed by atoms with E-state index in [0.717, 1.165) is 9.47 Å². The molecule has 7 nitrogen and oxygen atoms in total. The molecule has 0 saturated carbocycles. The van der Waals surface area contributed by atoms with Crippen LogP contribution in [0, 0.1) is 0 Å². The summed E-state index contributed by atoms with van der Waals surface area (Å²) < 4.78 is 80.6. The summed E-state index contributed by atoms with van der Waals surface area (Å²) in [7, 11) is 0. The molecule has 0 radical (unpaired) electrons. The average molecular weight is 494 g/mol. The van der Waals surface area contributed by atoms with Crippen molar-refractivity contribution >= 4 is 17.4 Å². The summed E-state index contributed by atoms with van der Waals surface area (Å²) in [5.74, 6) is -1.70. The van der Waals surface area contributed by atoms with Crippen molar-refractivity contribution in [3.8, 4) is 0 Å². The summed E-state index contributed by atoms with van der Waals surface area (Å²) in [6.07, 6.45) is -8.44. The molecule has 1 aromatic heterocycles. The molecule has 0 bridgehead atoms. The van der Waals surface area contributed by atoms with Crippen molar-refractivity contribution in [1.29, 1.82) is 0 Å². The molecule has 0 unspecified atom stereocenters. The standard InChI is InChI=1S/C21H24F6N4O3/c1-3-5-7-30(15-16(28)31(8-6-4-2)19(34)29-17(15)32)18(33)12-9-13(20(22,23)24)11-14(10-12)21(25,26)27/h9-11H,3-8,28H2,1-2H3,(H,29,32,34). The van der Waals surface area contributed by atoms with Crippen molar-refractivity contribution in [2.75, 3.05) is 17.2 Å². The first kappa shape index (κ1) is 27.0. The number of nitrogens with two attached hydrogens (primary N) is 1. The molecular formula is C21H24F6N4O3. The minimum atomic E-state index is -5.16. The number of carbonyl (C=O) groups excluding carboxylic acids is 1. The van der Waals surface area contributed by atoms with Gasteiger partial charge in [0.25, 0.3) is 11.5 Å². The van der Waals surface area contributed by atoms with E-state index in [1.165, 1.54) is 0 Å². The molecule has 1 heterocycles. The number of hydrogen-bond donors (Lipinski definition) is 2. The minimum absolute atomic E-state index is 0.0858. The highest BCUT2D eigenvalue weighted by atomic mass is 19.4. The summed E-state index contributed by atoms with van der Waals surface area (Å²) in [5, 5.41) is 0. The zero-order valence-electron chi connectivity index (χ0n) is 18.4. The number of alkyl halides is 6. The van der Waals surface area contributed by atoms with Crippen LogP contribution in [-0.2, 0) is 18.9 Å². The Morgan fingerprint density at radius 3 is 1.97 bits per heavy atom. The van der Waals surface area contributed by atoms with Crippen LogP contribution in [0.25, 0.3) is 0 Å². The lowest BCUT2D eigenvalue weighted by molar-refractivity contribution is -0.143. The van der Waals surface area contributed by atoms with E-state index in [-0.39, 0.29) is 37.7 Å². The summed E-state index contributed by atoms with van der Waals surface area (Å²) in [5.41, 5.74) is -0.708. The first-order chi connectivity index (χ1) is 15.7. The number of nitrogens with zero attached hydrogens (tertiary/aromatic N) is 2. The quantitative estimate of drug-likeness (QED) is 0.531. The summed E-state index contributed by atoms with van der Waals surface area (Å²) in [4.78, 5) is 40.7. The molecule has 0 fully saturated rings. The van der Waals surface area contributed by atoms with Crippen LogP contribution < -0.4 is 21.9 Å². The Morgan fingerprint density at radius 1 is 0.971 bits per heavy atom. The second-order valence-corrected chi connectivity index (χ2v) is 7.60. The molecule has 1 aromatic carbocycles. The van der Waals surface area contributed by atoms with Crippen LogP contribution in [0.15, 0.2) is 27.8 Å². The molecule has 2 rings (SSSR count). The predicted octanol–water partition coefficient (Wildman–Crippen LogP) is 4.40. The van der Waals surface area contributed by atoms with Crippen LogP contribution >= 0.6 is 0 Å². The Balaban J connectivity index is 2.74. The van der Waals surface area contributed by atoms with Gasteiger partial charge < -0.3 is 10.6 Å². The number of aromatic nitrogens is 2. The highest BCUT2D eigenvalue weighted by Crippen LogP contribution is 2.37. The van der Waals surface area contributed by atoms with Gasteiger partial charge in [0, 0.05) is 18.7 Å². The van der Waals surface area contributed by atoms with Gasteiger partial charge in [0.05, 0.1) is 11.1 Å². The first-order valence-corrected chi connectivity index (χ1v) is 10.5. The number of benzene rings is 1. The average Bonchev–Trinajstić information content (AvgIpc) is 2.73. The van der Waals surface area contributed by atoms with Crippen LogP contribution in [0.2, 0.25) is 0 Å². The summed E-state index contributed by atoms with van der Waals surface area (Å²) in [6.45, 7) is 3.41. The number of carbonyl (C=O) groups is 1. The van der Waals surface area contributed by atoms with E-state index in [4.69, 9.17) is 5.73 Å². The normalized spacial score (nSPS) is 12.1. The van der Waals surface area contributed by atoms with Crippen LogP contribution in [0.4, 0.5) is 37.8 Å². The monoisotopic (exact) mass is 494 g/mol. The smallest absolute Gasteiger partial charge is 0.383 e. The molecule has 0 aliphatic rings. The Bertz CT molecular complexity index is 1120. The molecule has 1 amide bonds. The van der Waals surface area contributed by atoms with E-state index < -0.39 is 57.7 Å². The van der Waals surface area contributed by atoms with Crippen molar-refractivity contribution in [3.63, 3.8) is 0 Å². The molecule has 0 spiro atoms. The van der Waals surface area contributed by atoms with E-state index in [1.807, 2.05) is 11.9 Å². The molecule has 188 valence electrons. The highest BCUT2D eigenvalue weighted by molar-refractivity contribution is 6.07. The third-order valence-corrected chi connectivity index (χ3v) is 5.03. The molecule has 0 aliphatic carbocycles. The van der Waals surface area contributed by atoms with E-state index in [9.17, 15) is 40.7 Å². The molecule has 2 aromatic rings. The first-order valence-electron chi connectivity index (χ1n) is 10.5. The largest absolute Gasteiger partial charge is 0.416 e. The fourth-order valence-corrected chi connectivity index (χ4v) is 3.24. The molecule has 13 heteroatoms. The van der Waals surface area contributed by atoms with Gasteiger partial charge in [-0.05, 0) is 31.0 Å². The van der Waals surface area contributed by atoms with Gasteiger partial charge >= 0.3 is 18.0 Å². The summed E-state index contributed by atoms with van der Waals surface area (Å²) in [6, 6.07) is 0.473. The number of amides is 1. The lowest BCUT2D eigenvalue weighted by Gasteiger charge is -2.25. The van der Waals surface area contributed by atoms with Gasteiger partial charge in [-0.15, -0.1) is 0 Å². The van der Waals surface area contributed by atoms with Crippen LogP contribution in [0.3, 0.4) is 0 Å². The van der Waals surface area contributed by atoms with Gasteiger partial charge in [0.2, 0.25) is 0 Å². The van der Waals surface area contributed by atoms with Crippen molar-refractivity contribution in [3.05, 3.63) is 55.7 Å². The number of anilines is 2. The number of H-pyrrole nitrogens is 1. The molecule has 34 heavy (non-hydrogen) atoms. The van der Waals surface area contributed by atoms with Gasteiger partial charge in [-0.2, -0.15) is 26.3 Å². The second kappa shape index (κ2) is 10.3. The van der Waals surface area contributed by atoms with Crippen molar-refractivity contribution in [2.45, 2.75) is 58.4 Å². The zero-order valence-corrected chi connectivity index (χ0v) is 18.4. The number of rotatable bonds is 8. The summed E-state index contributed by atoms with van der Waals surface area (Å²) >= 11 is 0. The minimum Gasteiger partial charge on any atom is -0.383 e. The fraction of sp³-hybridized carbons (Fsp3) is 0.476. The van der Waals surface area contributed by atoms with E-state index >= 15 is 0 Å². The topological polar surface area (TPSA) is 101 Å². The van der Waals surface area contributed by atoms with Gasteiger partial charge in [0.1, 0.15) is 5.82 Å². The van der Waals surface area contributed by atoms with Crippen molar-refractivity contribution < 1.29 is 31.1 Å². The molecule has 3 N–H and O–H groups in total. The molecule has 0 atom stereocenters. The lowest BCUT2D eigenvalue weighted by Crippen LogP contribution is -2.41. The van der Waals surface area contributed by atoms with E-state index in [0.29, 0.717) is 19.3 Å². The predicted molar refractivity (Wildman–Crippen MR) is 114 cm³/mol. The Morgan fingerprint density at radius 2 is 1.50 bits per heavy atom. The Kier molecular flexibility index (Phi) is 8.22. The molecule has 0 saturated heterocycles. The van der Waals surface area contributed by atoms with Gasteiger partial charge in [-0.25, -0.2) is 4.79 Å². The van der Waals surface area contributed by atoms with Crippen LogP contribution in [-0.4, -0.2) is 22.0 Å². The number of halogens is 6. The Hall–Kier alpha value is -3.25. The van der Waals surface area contributed by atoms with Crippen molar-refractivity contribution in [1.82, 2.24) is 9.55 Å².